The lowest BCUT2D eigenvalue weighted by Gasteiger charge is -2.24. The van der Waals surface area contributed by atoms with Crippen LogP contribution in [0.25, 0.3) is 10.6 Å². The molecular weight excluding hydrogens is 488 g/mol. The summed E-state index contributed by atoms with van der Waals surface area (Å²) in [5.74, 6) is 0.198. The zero-order chi connectivity index (χ0) is 21.3. The van der Waals surface area contributed by atoms with Crippen molar-refractivity contribution in [1.82, 2.24) is 14.9 Å². The molecule has 0 unspecified atom stereocenters. The van der Waals surface area contributed by atoms with E-state index in [0.717, 1.165) is 18.4 Å². The van der Waals surface area contributed by atoms with Crippen molar-refractivity contribution in [3.63, 3.8) is 0 Å². The smallest absolute Gasteiger partial charge is 0.267 e. The van der Waals surface area contributed by atoms with Gasteiger partial charge in [-0.25, -0.2) is 4.98 Å². The van der Waals surface area contributed by atoms with Crippen LogP contribution in [-0.2, 0) is 0 Å². The monoisotopic (exact) mass is 501 g/mol. The SMILES string of the molecule is O=C(c1sc(-c2cccnc2)nc1Cl)N1CCC[C@H]1COc1c(Cl)cc(Cl)cc1Cl. The third kappa shape index (κ3) is 4.53. The van der Waals surface area contributed by atoms with Crippen LogP contribution in [0.5, 0.6) is 5.75 Å². The molecule has 0 radical (unpaired) electrons. The minimum absolute atomic E-state index is 0.125. The van der Waals surface area contributed by atoms with Crippen LogP contribution < -0.4 is 4.74 Å². The Morgan fingerprint density at radius 3 is 2.70 bits per heavy atom. The Balaban J connectivity index is 1.50. The van der Waals surface area contributed by atoms with Crippen LogP contribution in [0.4, 0.5) is 0 Å². The molecule has 2 aromatic heterocycles. The number of benzene rings is 1. The third-order valence-corrected chi connectivity index (χ3v) is 6.97. The average molecular weight is 503 g/mol. The molecule has 3 heterocycles. The molecule has 1 aliphatic heterocycles. The molecule has 5 nitrogen and oxygen atoms in total. The molecule has 156 valence electrons. The number of hydrogen-bond acceptors (Lipinski definition) is 5. The molecule has 1 amide bonds. The van der Waals surface area contributed by atoms with E-state index >= 15 is 0 Å². The first-order chi connectivity index (χ1) is 14.4. The van der Waals surface area contributed by atoms with E-state index in [4.69, 9.17) is 51.1 Å². The number of halogens is 4. The van der Waals surface area contributed by atoms with Crippen LogP contribution in [0.2, 0.25) is 20.2 Å². The van der Waals surface area contributed by atoms with Crippen molar-refractivity contribution in [1.29, 1.82) is 0 Å². The zero-order valence-electron chi connectivity index (χ0n) is 15.4. The number of likely N-dealkylation sites (tertiary alicyclic amines) is 1. The van der Waals surface area contributed by atoms with E-state index in [1.165, 1.54) is 11.3 Å². The first-order valence-corrected chi connectivity index (χ1v) is 11.4. The Hall–Kier alpha value is -1.57. The maximum absolute atomic E-state index is 13.2. The summed E-state index contributed by atoms with van der Waals surface area (Å²) in [4.78, 5) is 23.8. The number of rotatable bonds is 5. The van der Waals surface area contributed by atoms with Crippen molar-refractivity contribution in [3.05, 3.63) is 61.8 Å². The van der Waals surface area contributed by atoms with Crippen molar-refractivity contribution in [2.24, 2.45) is 0 Å². The van der Waals surface area contributed by atoms with E-state index in [1.807, 2.05) is 12.1 Å². The Kier molecular flexibility index (Phi) is 6.70. The second kappa shape index (κ2) is 9.28. The van der Waals surface area contributed by atoms with Crippen LogP contribution >= 0.6 is 57.7 Å². The average Bonchev–Trinajstić information content (AvgIpc) is 3.34. The van der Waals surface area contributed by atoms with E-state index in [0.29, 0.717) is 37.2 Å². The van der Waals surface area contributed by atoms with Gasteiger partial charge >= 0.3 is 0 Å². The molecule has 1 aliphatic rings. The number of amides is 1. The molecule has 0 spiro atoms. The fraction of sp³-hybridized carbons (Fsp3) is 0.250. The molecule has 1 atom stereocenters. The minimum atomic E-state index is -0.160. The van der Waals surface area contributed by atoms with E-state index in [-0.39, 0.29) is 23.7 Å². The van der Waals surface area contributed by atoms with E-state index in [2.05, 4.69) is 9.97 Å². The molecule has 30 heavy (non-hydrogen) atoms. The number of carbonyl (C=O) groups excluding carboxylic acids is 1. The lowest BCUT2D eigenvalue weighted by molar-refractivity contribution is 0.0696. The molecule has 1 fully saturated rings. The lowest BCUT2D eigenvalue weighted by Crippen LogP contribution is -2.38. The molecule has 1 aromatic carbocycles. The Labute approximate surface area is 197 Å². The molecule has 0 aliphatic carbocycles. The van der Waals surface area contributed by atoms with Gasteiger partial charge in [-0.15, -0.1) is 11.3 Å². The van der Waals surface area contributed by atoms with Crippen molar-refractivity contribution >= 4 is 63.6 Å². The quantitative estimate of drug-likeness (QED) is 0.399. The van der Waals surface area contributed by atoms with Gasteiger partial charge in [0.25, 0.3) is 5.91 Å². The molecule has 0 saturated carbocycles. The molecule has 1 saturated heterocycles. The summed E-state index contributed by atoms with van der Waals surface area (Å²) in [7, 11) is 0. The highest BCUT2D eigenvalue weighted by Crippen LogP contribution is 2.37. The van der Waals surface area contributed by atoms with E-state index in [9.17, 15) is 4.79 Å². The maximum atomic E-state index is 13.2. The topological polar surface area (TPSA) is 55.3 Å². The van der Waals surface area contributed by atoms with Gasteiger partial charge in [0.05, 0.1) is 16.1 Å². The molecule has 10 heteroatoms. The Bertz CT molecular complexity index is 1050. The summed E-state index contributed by atoms with van der Waals surface area (Å²) >= 11 is 25.9. The Morgan fingerprint density at radius 2 is 2.00 bits per heavy atom. The largest absolute Gasteiger partial charge is 0.488 e. The third-order valence-electron chi connectivity index (χ3n) is 4.71. The summed E-state index contributed by atoms with van der Waals surface area (Å²) in [5.41, 5.74) is 0.816. The summed E-state index contributed by atoms with van der Waals surface area (Å²) in [6.07, 6.45) is 5.04. The molecule has 0 bridgehead atoms. The second-order valence-corrected chi connectivity index (χ2v) is 9.29. The molecule has 0 N–H and O–H groups in total. The van der Waals surface area contributed by atoms with Crippen LogP contribution in [0.15, 0.2) is 36.7 Å². The Morgan fingerprint density at radius 1 is 1.23 bits per heavy atom. The number of nitrogens with zero attached hydrogens (tertiary/aromatic N) is 3. The second-order valence-electron chi connectivity index (χ2n) is 6.68. The van der Waals surface area contributed by atoms with Crippen LogP contribution in [0.1, 0.15) is 22.5 Å². The number of carbonyl (C=O) groups is 1. The van der Waals surface area contributed by atoms with Crippen LogP contribution in [-0.4, -0.2) is 40.0 Å². The van der Waals surface area contributed by atoms with Crippen molar-refractivity contribution in [2.45, 2.75) is 18.9 Å². The molecular formula is C20H15Cl4N3O2S. The summed E-state index contributed by atoms with van der Waals surface area (Å²) in [6, 6.07) is 6.70. The van der Waals surface area contributed by atoms with Gasteiger partial charge in [0.1, 0.15) is 16.5 Å². The molecule has 4 rings (SSSR count). The highest BCUT2D eigenvalue weighted by atomic mass is 35.5. The highest BCUT2D eigenvalue weighted by Gasteiger charge is 2.33. The number of aromatic nitrogens is 2. The fourth-order valence-corrected chi connectivity index (χ4v) is 5.46. The van der Waals surface area contributed by atoms with Crippen molar-refractivity contribution in [2.75, 3.05) is 13.2 Å². The van der Waals surface area contributed by atoms with Gasteiger partial charge in [-0.2, -0.15) is 0 Å². The number of thiazole rings is 1. The first kappa shape index (κ1) is 21.7. The minimum Gasteiger partial charge on any atom is -0.488 e. The standard InChI is InChI=1S/C20H15Cl4N3O2S/c21-12-7-14(22)16(15(23)8-12)29-10-13-4-2-6-27(13)20(28)17-18(24)26-19(30-17)11-3-1-5-25-9-11/h1,3,5,7-9,13H,2,4,6,10H2/t13-/m0/s1. The van der Waals surface area contributed by atoms with E-state index in [1.54, 1.807) is 29.4 Å². The normalized spacial score (nSPS) is 16.1. The van der Waals surface area contributed by atoms with E-state index < -0.39 is 0 Å². The molecule has 3 aromatic rings. The fourth-order valence-electron chi connectivity index (χ4n) is 3.30. The number of ether oxygens (including phenoxy) is 1. The lowest BCUT2D eigenvalue weighted by atomic mass is 10.2. The van der Waals surface area contributed by atoms with Crippen molar-refractivity contribution in [3.8, 4) is 16.3 Å². The highest BCUT2D eigenvalue weighted by molar-refractivity contribution is 7.17. The van der Waals surface area contributed by atoms with Gasteiger partial charge in [0, 0.05) is 29.5 Å². The maximum Gasteiger partial charge on any atom is 0.267 e. The van der Waals surface area contributed by atoms with Gasteiger partial charge in [0.15, 0.2) is 10.9 Å². The van der Waals surface area contributed by atoms with Gasteiger partial charge in [-0.1, -0.05) is 46.4 Å². The van der Waals surface area contributed by atoms with Crippen molar-refractivity contribution < 1.29 is 9.53 Å². The summed E-state index contributed by atoms with van der Waals surface area (Å²) < 4.78 is 5.86. The van der Waals surface area contributed by atoms with Gasteiger partial charge in [-0.05, 0) is 37.1 Å². The summed E-state index contributed by atoms with van der Waals surface area (Å²) in [5, 5.41) is 1.94. The first-order valence-electron chi connectivity index (χ1n) is 9.09. The zero-order valence-corrected chi connectivity index (χ0v) is 19.3. The number of hydrogen-bond donors (Lipinski definition) is 0. The van der Waals surface area contributed by atoms with Crippen LogP contribution in [0, 0.1) is 0 Å². The van der Waals surface area contributed by atoms with Gasteiger partial charge in [-0.3, -0.25) is 9.78 Å². The predicted molar refractivity (Wildman–Crippen MR) is 121 cm³/mol. The van der Waals surface area contributed by atoms with Gasteiger partial charge < -0.3 is 9.64 Å². The van der Waals surface area contributed by atoms with Gasteiger partial charge in [0.2, 0.25) is 0 Å². The van der Waals surface area contributed by atoms with Crippen LogP contribution in [0.3, 0.4) is 0 Å². The predicted octanol–water partition coefficient (Wildman–Crippen LogP) is 6.50. The number of pyridine rings is 1. The summed E-state index contributed by atoms with van der Waals surface area (Å²) in [6.45, 7) is 0.879.